The van der Waals surface area contributed by atoms with Crippen molar-refractivity contribution in [3.05, 3.63) is 155 Å². The van der Waals surface area contributed by atoms with Gasteiger partial charge in [-0.2, -0.15) is 0 Å². The summed E-state index contributed by atoms with van der Waals surface area (Å²) >= 11 is -4.11. The average Bonchev–Trinajstić information content (AvgIpc) is 3.64. The fraction of sp³-hybridized carbons (Fsp3) is 0.308. The van der Waals surface area contributed by atoms with Crippen LogP contribution in [0.2, 0.25) is 8.76 Å². The Morgan fingerprint density at radius 2 is 0.893 bits per heavy atom. The van der Waals surface area contributed by atoms with E-state index in [4.69, 9.17) is 0 Å². The summed E-state index contributed by atoms with van der Waals surface area (Å²) in [5.74, 6) is 0. The van der Waals surface area contributed by atoms with Crippen LogP contribution in [-0.4, -0.2) is 6.88 Å². The van der Waals surface area contributed by atoms with Crippen LogP contribution in [0, 0.1) is 10.8 Å². The molecule has 0 radical (unpaired) electrons. The molecule has 0 heterocycles. The van der Waals surface area contributed by atoms with E-state index in [1.807, 2.05) is 0 Å². The molecule has 0 fully saturated rings. The van der Waals surface area contributed by atoms with Crippen molar-refractivity contribution in [1.29, 1.82) is 0 Å². The molecule has 6 aromatic carbocycles. The van der Waals surface area contributed by atoms with Crippen LogP contribution < -0.4 is 0 Å². The van der Waals surface area contributed by atoms with E-state index in [9.17, 15) is 0 Å². The number of hydrogen-bond acceptors (Lipinski definition) is 0. The minimum atomic E-state index is -4.11. The largest absolute Gasteiger partial charge is 0.147 e. The molecule has 2 unspecified atom stereocenters. The molecule has 0 saturated carbocycles. The third-order valence-corrected chi connectivity index (χ3v) is 36.5. The van der Waals surface area contributed by atoms with Crippen LogP contribution in [0.25, 0.3) is 54.9 Å². The van der Waals surface area contributed by atoms with Crippen molar-refractivity contribution >= 4 is 64.4 Å². The first-order valence-electron chi connectivity index (χ1n) is 20.3. The summed E-state index contributed by atoms with van der Waals surface area (Å²) in [6.07, 6.45) is 1.21. The molecule has 0 aliphatic heterocycles. The van der Waals surface area contributed by atoms with Crippen LogP contribution in [0.1, 0.15) is 98.2 Å². The van der Waals surface area contributed by atoms with E-state index in [1.54, 1.807) is 22.3 Å². The summed E-state index contributed by atoms with van der Waals surface area (Å²) in [4.78, 5) is 0. The molecule has 290 valence electrons. The van der Waals surface area contributed by atoms with Gasteiger partial charge in [0.05, 0.1) is 0 Å². The molecule has 0 spiro atoms. The molecule has 2 aliphatic carbocycles. The van der Waals surface area contributed by atoms with Crippen molar-refractivity contribution in [1.82, 2.24) is 0 Å². The zero-order valence-corrected chi connectivity index (χ0v) is 40.6. The zero-order chi connectivity index (χ0) is 38.4. The Balaban J connectivity index is 0.00000266. The summed E-state index contributed by atoms with van der Waals surface area (Å²) in [5, 5.41) is 5.22. The van der Waals surface area contributed by atoms with E-state index in [-0.39, 0.29) is 35.6 Å². The summed E-state index contributed by atoms with van der Waals surface area (Å²) < 4.78 is 5.14. The van der Waals surface area contributed by atoms with Crippen LogP contribution in [-0.2, 0) is 17.4 Å². The van der Waals surface area contributed by atoms with Crippen LogP contribution in [0.4, 0.5) is 0 Å². The van der Waals surface area contributed by atoms with Gasteiger partial charge in [-0.05, 0) is 0 Å². The van der Waals surface area contributed by atoms with Gasteiger partial charge < -0.3 is 0 Å². The Bertz CT molecular complexity index is 2470. The quantitative estimate of drug-likeness (QED) is 0.146. The number of fused-ring (bicyclic) bond motifs is 4. The molecule has 4 heteroatoms. The second kappa shape index (κ2) is 15.0. The zero-order valence-electron chi connectivity index (χ0n) is 35.1. The molecule has 0 amide bonds. The predicted molar refractivity (Wildman–Crippen MR) is 252 cm³/mol. The second-order valence-electron chi connectivity index (χ2n) is 19.4. The Labute approximate surface area is 351 Å². The average molecular weight is 875 g/mol. The van der Waals surface area contributed by atoms with Crippen LogP contribution in [0.5, 0.6) is 0 Å². The standard InChI is InChI=1S/2C24H23.C3H7.CH3.2ClH.H2Si.Zr/c2*1-16-22(24(2,3)4)15-20-10-7-11-21(23(16)20)19-13-12-17-8-5-6-9-18(17)14-19;1-3-2;;;;;/h2*5-15H,1-4H3;1,3H2,2H3;1H3;2*1H;1H2;. The van der Waals surface area contributed by atoms with Gasteiger partial charge >= 0.3 is 330 Å². The fourth-order valence-electron chi connectivity index (χ4n) is 11.6. The van der Waals surface area contributed by atoms with E-state index in [2.05, 4.69) is 195 Å². The van der Waals surface area contributed by atoms with Gasteiger partial charge in [0, 0.05) is 0 Å². The van der Waals surface area contributed by atoms with Gasteiger partial charge in [-0.15, -0.1) is 24.8 Å². The summed E-state index contributed by atoms with van der Waals surface area (Å²) in [6, 6.07) is 46.4. The molecule has 0 saturated heterocycles. The first kappa shape index (κ1) is 42.6. The van der Waals surface area contributed by atoms with Crippen LogP contribution in [0.3, 0.4) is 0 Å². The van der Waals surface area contributed by atoms with Crippen molar-refractivity contribution in [2.24, 2.45) is 10.8 Å². The van der Waals surface area contributed by atoms with E-state index in [0.717, 1.165) is 0 Å². The molecule has 0 N–H and O–H groups in total. The van der Waals surface area contributed by atoms with E-state index in [1.165, 1.54) is 76.6 Å². The first-order valence-corrected chi connectivity index (χ1v) is 33.2. The van der Waals surface area contributed by atoms with Gasteiger partial charge in [-0.1, -0.05) is 0 Å². The first-order chi connectivity index (χ1) is 25.5. The number of hydrogen-bond donors (Lipinski definition) is 0. The predicted octanol–water partition coefficient (Wildman–Crippen LogP) is 15.7. The Hall–Kier alpha value is -3.00. The molecular formula is C52H60Cl2SiZr. The SMILES string of the molecule is CC[CH2][Zr]([CH3])(=[SiH2])([CH]1C(C(C)(C)C)=C(C)c2c(-c3ccc4ccccc4c3)cccc21)[CH]1C(C(C)(C)C)=C(C)c2c(-c3ccc4ccccc4c3)cccc21.Cl.Cl. The van der Waals surface area contributed by atoms with Gasteiger partial charge in [0.15, 0.2) is 0 Å². The van der Waals surface area contributed by atoms with Crippen molar-refractivity contribution in [3.8, 4) is 22.3 Å². The van der Waals surface area contributed by atoms with Crippen molar-refractivity contribution in [2.75, 3.05) is 0 Å². The van der Waals surface area contributed by atoms with Crippen molar-refractivity contribution < 1.29 is 17.4 Å². The molecule has 0 nitrogen and oxygen atoms in total. The van der Waals surface area contributed by atoms with E-state index in [0.29, 0.717) is 7.25 Å². The smallest absolute Gasteiger partial charge is 0.147 e. The second-order valence-corrected chi connectivity index (χ2v) is 47.8. The normalized spacial score (nSPS) is 17.2. The van der Waals surface area contributed by atoms with Gasteiger partial charge in [-0.25, -0.2) is 0 Å². The summed E-state index contributed by atoms with van der Waals surface area (Å²) in [5.41, 5.74) is 18.2. The van der Waals surface area contributed by atoms with Crippen LogP contribution >= 0.6 is 24.8 Å². The maximum Gasteiger partial charge on any atom is -0.147 e. The Morgan fingerprint density at radius 1 is 0.518 bits per heavy atom. The third kappa shape index (κ3) is 6.70. The molecule has 6 aromatic rings. The van der Waals surface area contributed by atoms with E-state index < -0.39 is 17.4 Å². The van der Waals surface area contributed by atoms with Gasteiger partial charge in [-0.3, -0.25) is 0 Å². The minimum absolute atomic E-state index is 0. The molecule has 0 aromatic heterocycles. The number of halogens is 2. The van der Waals surface area contributed by atoms with Crippen LogP contribution in [0.15, 0.2) is 132 Å². The molecule has 56 heavy (non-hydrogen) atoms. The fourth-order valence-corrected chi connectivity index (χ4v) is 37.7. The summed E-state index contributed by atoms with van der Waals surface area (Å²) in [6.45, 7) is 25.0. The van der Waals surface area contributed by atoms with Crippen molar-refractivity contribution in [3.63, 3.8) is 0 Å². The maximum atomic E-state index is 2.91. The van der Waals surface area contributed by atoms with Gasteiger partial charge in [0.2, 0.25) is 0 Å². The topological polar surface area (TPSA) is 0 Å². The third-order valence-electron chi connectivity index (χ3n) is 13.4. The Kier molecular flexibility index (Phi) is 11.4. The molecule has 0 bridgehead atoms. The molecule has 2 atom stereocenters. The molecule has 2 aliphatic rings. The number of rotatable bonds is 6. The Morgan fingerprint density at radius 3 is 1.25 bits per heavy atom. The number of benzene rings is 6. The minimum Gasteiger partial charge on any atom is -0.147 e. The molecule has 8 rings (SSSR count). The molecular weight excluding hydrogens is 815 g/mol. The van der Waals surface area contributed by atoms with Gasteiger partial charge in [0.25, 0.3) is 0 Å². The summed E-state index contributed by atoms with van der Waals surface area (Å²) in [7, 11) is 0. The van der Waals surface area contributed by atoms with Gasteiger partial charge in [0.1, 0.15) is 0 Å². The maximum absolute atomic E-state index is 4.11. The van der Waals surface area contributed by atoms with Crippen molar-refractivity contribution in [2.45, 2.75) is 84.7 Å². The van der Waals surface area contributed by atoms with E-state index >= 15 is 0 Å². The monoisotopic (exact) mass is 872 g/mol. The number of allylic oxidation sites excluding steroid dienone is 4.